The van der Waals surface area contributed by atoms with Crippen LogP contribution in [-0.4, -0.2) is 68.5 Å². The quantitative estimate of drug-likeness (QED) is 0.0272. The van der Waals surface area contributed by atoms with Crippen molar-refractivity contribution in [2.75, 3.05) is 40.9 Å². The lowest BCUT2D eigenvalue weighted by Gasteiger charge is -2.29. The van der Waals surface area contributed by atoms with Crippen LogP contribution in [0.5, 0.6) is 0 Å². The van der Waals surface area contributed by atoms with Gasteiger partial charge in [-0.2, -0.15) is 0 Å². The molecule has 0 saturated heterocycles. The predicted octanol–water partition coefficient (Wildman–Crippen LogP) is 19.6. The molecule has 3 unspecified atom stereocenters. The van der Waals surface area contributed by atoms with Crippen LogP contribution >= 0.6 is 7.82 Å². The van der Waals surface area contributed by atoms with Gasteiger partial charge in [0.2, 0.25) is 5.91 Å². The first kappa shape index (κ1) is 73.5. The molecule has 0 aromatic rings. The largest absolute Gasteiger partial charge is 0.756 e. The summed E-state index contributed by atoms with van der Waals surface area (Å²) in [5, 5.41) is 13.9. The van der Waals surface area contributed by atoms with Crippen molar-refractivity contribution in [1.29, 1.82) is 0 Å². The molecule has 1 amide bonds. The summed E-state index contributed by atoms with van der Waals surface area (Å²) in [6.07, 6.45) is 76.5. The number of phosphoric acid groups is 1. The van der Waals surface area contributed by atoms with Crippen LogP contribution in [0.2, 0.25) is 0 Å². The van der Waals surface area contributed by atoms with Gasteiger partial charge in [-0.15, -0.1) is 0 Å². The second-order valence-corrected chi connectivity index (χ2v) is 24.9. The fourth-order valence-electron chi connectivity index (χ4n) is 9.65. The third kappa shape index (κ3) is 60.0. The molecule has 0 aromatic heterocycles. The topological polar surface area (TPSA) is 108 Å². The monoisotopic (exact) mass is 1070 g/mol. The zero-order valence-corrected chi connectivity index (χ0v) is 51.4. The minimum Gasteiger partial charge on any atom is -0.756 e. The maximum Gasteiger partial charge on any atom is 0.268 e. The molecule has 0 saturated carbocycles. The summed E-state index contributed by atoms with van der Waals surface area (Å²) in [4.78, 5) is 25.6. The van der Waals surface area contributed by atoms with E-state index in [1.54, 1.807) is 6.08 Å². The van der Waals surface area contributed by atoms with Crippen LogP contribution in [0.3, 0.4) is 0 Å². The smallest absolute Gasteiger partial charge is 0.268 e. The Morgan fingerprint density at radius 1 is 0.453 bits per heavy atom. The number of aliphatic hydroxyl groups is 1. The van der Waals surface area contributed by atoms with E-state index in [0.717, 1.165) is 44.9 Å². The lowest BCUT2D eigenvalue weighted by atomic mass is 10.0. The fourth-order valence-corrected chi connectivity index (χ4v) is 10.4. The van der Waals surface area contributed by atoms with E-state index in [2.05, 4.69) is 55.6 Å². The summed E-state index contributed by atoms with van der Waals surface area (Å²) in [5.74, 6) is -0.207. The number of likely N-dealkylation sites (N-methyl/N-ethyl adjacent to an activating group) is 1. The number of hydrogen-bond acceptors (Lipinski definition) is 6. The van der Waals surface area contributed by atoms with Gasteiger partial charge in [0, 0.05) is 6.42 Å². The second-order valence-electron chi connectivity index (χ2n) is 23.4. The zero-order valence-electron chi connectivity index (χ0n) is 50.5. The molecular weight excluding hydrogens is 948 g/mol. The van der Waals surface area contributed by atoms with Crippen molar-refractivity contribution in [3.63, 3.8) is 0 Å². The average Bonchev–Trinajstić information content (AvgIpc) is 3.37. The third-order valence-corrected chi connectivity index (χ3v) is 15.7. The van der Waals surface area contributed by atoms with Crippen molar-refractivity contribution in [3.8, 4) is 0 Å². The number of allylic oxidation sites excluding steroid dienone is 7. The van der Waals surface area contributed by atoms with E-state index in [1.807, 2.05) is 27.2 Å². The first-order chi connectivity index (χ1) is 36.5. The summed E-state index contributed by atoms with van der Waals surface area (Å²) in [7, 11) is 1.24. The molecule has 0 aromatic carbocycles. The van der Waals surface area contributed by atoms with E-state index in [0.29, 0.717) is 17.4 Å². The molecule has 0 bridgehead atoms. The van der Waals surface area contributed by atoms with Crippen LogP contribution in [0, 0.1) is 0 Å². The van der Waals surface area contributed by atoms with Crippen molar-refractivity contribution in [2.45, 2.75) is 328 Å². The summed E-state index contributed by atoms with van der Waals surface area (Å²) < 4.78 is 23.4. The van der Waals surface area contributed by atoms with Crippen molar-refractivity contribution < 1.29 is 32.9 Å². The Balaban J connectivity index is 4.11. The first-order valence-corrected chi connectivity index (χ1v) is 34.0. The van der Waals surface area contributed by atoms with Gasteiger partial charge in [0.15, 0.2) is 0 Å². The number of aliphatic hydroxyl groups excluding tert-OH is 1. The highest BCUT2D eigenvalue weighted by Crippen LogP contribution is 2.38. The molecule has 3 atom stereocenters. The van der Waals surface area contributed by atoms with Crippen LogP contribution in [-0.2, 0) is 18.4 Å². The second kappa shape index (κ2) is 57.2. The van der Waals surface area contributed by atoms with Crippen molar-refractivity contribution >= 4 is 13.7 Å². The maximum atomic E-state index is 13.0. The summed E-state index contributed by atoms with van der Waals surface area (Å²) in [6.45, 7) is 4.66. The number of nitrogens with one attached hydrogen (secondary N) is 1. The molecule has 0 heterocycles. The van der Waals surface area contributed by atoms with Crippen molar-refractivity contribution in [2.24, 2.45) is 0 Å². The molecule has 0 aliphatic heterocycles. The van der Waals surface area contributed by atoms with Gasteiger partial charge < -0.3 is 28.8 Å². The number of phosphoric ester groups is 1. The van der Waals surface area contributed by atoms with Crippen LogP contribution in [0.4, 0.5) is 0 Å². The minimum atomic E-state index is -4.61. The molecule has 75 heavy (non-hydrogen) atoms. The highest BCUT2D eigenvalue weighted by Gasteiger charge is 2.23. The van der Waals surface area contributed by atoms with Gasteiger partial charge in [0.25, 0.3) is 7.82 Å². The first-order valence-electron chi connectivity index (χ1n) is 32.5. The number of quaternary nitrogens is 1. The maximum absolute atomic E-state index is 13.0. The fraction of sp³-hybridized carbons (Fsp3) is 0.864. The molecule has 9 heteroatoms. The lowest BCUT2D eigenvalue weighted by molar-refractivity contribution is -0.870. The predicted molar refractivity (Wildman–Crippen MR) is 325 cm³/mol. The normalized spacial score (nSPS) is 14.1. The van der Waals surface area contributed by atoms with E-state index in [9.17, 15) is 19.4 Å². The summed E-state index contributed by atoms with van der Waals surface area (Å²) in [6, 6.07) is -0.911. The lowest BCUT2D eigenvalue weighted by Crippen LogP contribution is -2.45. The molecule has 0 rings (SSSR count). The molecule has 8 nitrogen and oxygen atoms in total. The number of carbonyl (C=O) groups is 1. The Kier molecular flexibility index (Phi) is 56.0. The highest BCUT2D eigenvalue weighted by molar-refractivity contribution is 7.45. The van der Waals surface area contributed by atoms with E-state index < -0.39 is 26.6 Å². The molecular formula is C66H127N2O6P. The molecule has 0 aliphatic carbocycles. The molecule has 442 valence electrons. The minimum absolute atomic E-state index is 0.00855. The van der Waals surface area contributed by atoms with Crippen LogP contribution in [0.25, 0.3) is 0 Å². The SMILES string of the molecule is CCCCCCCCCCCCC/C=C/CC/C=C/CC/C=C/C(O)C(COP(=O)([O-])OCC[N+](C)(C)C)NC(=O)CCCCCCCCCCCCCCCCCC/C=C\CCCCCCCCCCCCCC. The number of unbranched alkanes of at least 4 members (excludes halogenated alkanes) is 41. The van der Waals surface area contributed by atoms with E-state index >= 15 is 0 Å². The van der Waals surface area contributed by atoms with E-state index in [-0.39, 0.29) is 12.5 Å². The van der Waals surface area contributed by atoms with Gasteiger partial charge in [-0.05, 0) is 70.6 Å². The van der Waals surface area contributed by atoms with Gasteiger partial charge in [-0.3, -0.25) is 9.36 Å². The summed E-state index contributed by atoms with van der Waals surface area (Å²) in [5.41, 5.74) is 0. The Morgan fingerprint density at radius 3 is 1.08 bits per heavy atom. The molecule has 0 spiro atoms. The summed E-state index contributed by atoms with van der Waals surface area (Å²) >= 11 is 0. The standard InChI is InChI=1S/C66H127N2O6P/c1-6-8-10-12-14-16-18-20-22-24-26-28-29-30-31-32-33-34-35-36-37-38-40-42-44-46-48-50-52-54-56-58-60-66(70)67-64(63-74-75(71,72)73-62-61-68(3,4)5)65(69)59-57-55-53-51-49-47-45-43-41-39-27-25-23-21-19-17-15-13-11-9-7-2/h30-31,41,43,49,51,57,59,64-65,69H,6-29,32-40,42,44-48,50,52-56,58,60-63H2,1-5H3,(H-,67,70,71,72)/b31-30-,43-41+,51-49+,59-57+. The number of amides is 1. The van der Waals surface area contributed by atoms with Crippen LogP contribution in [0.15, 0.2) is 48.6 Å². The molecule has 0 fully saturated rings. The average molecular weight is 1080 g/mol. The Hall–Kier alpha value is -1.54. The van der Waals surface area contributed by atoms with Crippen molar-refractivity contribution in [3.05, 3.63) is 48.6 Å². The third-order valence-electron chi connectivity index (χ3n) is 14.7. The van der Waals surface area contributed by atoms with Crippen molar-refractivity contribution in [1.82, 2.24) is 5.32 Å². The van der Waals surface area contributed by atoms with Gasteiger partial charge in [-0.25, -0.2) is 0 Å². The Morgan fingerprint density at radius 2 is 0.747 bits per heavy atom. The number of carbonyl (C=O) groups excluding carboxylic acids is 1. The highest BCUT2D eigenvalue weighted by atomic mass is 31.2. The van der Waals surface area contributed by atoms with E-state index in [4.69, 9.17) is 9.05 Å². The molecule has 0 radical (unpaired) electrons. The number of nitrogens with zero attached hydrogens (tertiary/aromatic N) is 1. The zero-order chi connectivity index (χ0) is 54.9. The Bertz CT molecular complexity index is 1360. The van der Waals surface area contributed by atoms with Gasteiger partial charge in [0.05, 0.1) is 39.9 Å². The van der Waals surface area contributed by atoms with E-state index in [1.165, 1.54) is 250 Å². The van der Waals surface area contributed by atoms with Gasteiger partial charge in [0.1, 0.15) is 13.2 Å². The molecule has 2 N–H and O–H groups in total. The van der Waals surface area contributed by atoms with Gasteiger partial charge >= 0.3 is 0 Å². The van der Waals surface area contributed by atoms with Crippen LogP contribution < -0.4 is 10.2 Å². The van der Waals surface area contributed by atoms with Gasteiger partial charge in [-0.1, -0.05) is 287 Å². The number of rotatable bonds is 60. The molecule has 0 aliphatic rings. The van der Waals surface area contributed by atoms with Crippen LogP contribution in [0.1, 0.15) is 316 Å². The number of hydrogen-bond donors (Lipinski definition) is 2. The Labute approximate surface area is 467 Å².